The lowest BCUT2D eigenvalue weighted by Crippen LogP contribution is -2.41. The zero-order valence-corrected chi connectivity index (χ0v) is 45.8. The van der Waals surface area contributed by atoms with Crippen LogP contribution in [0.15, 0.2) is 17.4 Å². The lowest BCUT2D eigenvalue weighted by atomic mass is 9.92. The Hall–Kier alpha value is -3.95. The Balaban J connectivity index is 0.000000318. The molecule has 0 bridgehead atoms. The Bertz CT molecular complexity index is 2050. The second kappa shape index (κ2) is 26.0. The van der Waals surface area contributed by atoms with Crippen LogP contribution < -0.4 is 0 Å². The molecule has 0 aliphatic carbocycles. The highest BCUT2D eigenvalue weighted by molar-refractivity contribution is 8.01. The van der Waals surface area contributed by atoms with Crippen molar-refractivity contribution in [1.29, 1.82) is 0 Å². The maximum atomic E-state index is 13.0. The van der Waals surface area contributed by atoms with Gasteiger partial charge in [0.1, 0.15) is 21.8 Å². The lowest BCUT2D eigenvalue weighted by molar-refractivity contribution is -0.142. The van der Waals surface area contributed by atoms with E-state index in [4.69, 9.17) is 19.7 Å². The van der Waals surface area contributed by atoms with E-state index in [0.29, 0.717) is 31.0 Å². The number of aromatic nitrogens is 2. The van der Waals surface area contributed by atoms with Gasteiger partial charge in [0.2, 0.25) is 5.91 Å². The van der Waals surface area contributed by atoms with Crippen molar-refractivity contribution in [2.45, 2.75) is 173 Å². The second-order valence-corrected chi connectivity index (χ2v) is 26.0. The number of carboxylic acid groups (broad SMARTS) is 3. The average Bonchev–Trinajstić information content (AvgIpc) is 3.97. The van der Waals surface area contributed by atoms with Crippen molar-refractivity contribution in [2.75, 3.05) is 39.3 Å². The van der Waals surface area contributed by atoms with Gasteiger partial charge in [-0.3, -0.25) is 24.2 Å². The molecule has 17 nitrogen and oxygen atoms in total. The van der Waals surface area contributed by atoms with Gasteiger partial charge in [-0.25, -0.2) is 19.6 Å². The minimum Gasteiger partial charge on any atom is -0.481 e. The molecule has 3 N–H and O–H groups in total. The van der Waals surface area contributed by atoms with E-state index in [1.165, 1.54) is 11.8 Å². The van der Waals surface area contributed by atoms with Gasteiger partial charge in [0.15, 0.2) is 0 Å². The van der Waals surface area contributed by atoms with Gasteiger partial charge in [-0.15, -0.1) is 34.4 Å². The fourth-order valence-corrected chi connectivity index (χ4v) is 10.9. The number of nitrogens with zero attached hydrogens (tertiary/aromatic N) is 6. The molecule has 388 valence electrons. The smallest absolute Gasteiger partial charge is 0.410 e. The van der Waals surface area contributed by atoms with E-state index in [9.17, 15) is 33.9 Å². The van der Waals surface area contributed by atoms with Gasteiger partial charge in [-0.2, -0.15) is 12.6 Å². The molecule has 2 aromatic rings. The molecule has 3 fully saturated rings. The van der Waals surface area contributed by atoms with E-state index < -0.39 is 46.0 Å². The molecule has 1 unspecified atom stereocenters. The number of piperidine rings is 2. The summed E-state index contributed by atoms with van der Waals surface area (Å²) in [4.78, 5) is 89.8. The van der Waals surface area contributed by atoms with E-state index in [0.717, 1.165) is 77.9 Å². The monoisotopic (exact) mass is 1040 g/mol. The highest BCUT2D eigenvalue weighted by atomic mass is 32.2. The van der Waals surface area contributed by atoms with Gasteiger partial charge in [0.05, 0.1) is 37.9 Å². The minimum absolute atomic E-state index is 0.0708. The number of rotatable bonds is 13. The summed E-state index contributed by atoms with van der Waals surface area (Å²) < 4.78 is 10.9. The highest BCUT2D eigenvalue weighted by Crippen LogP contribution is 2.47. The molecule has 2 aromatic heterocycles. The van der Waals surface area contributed by atoms with Gasteiger partial charge in [0.25, 0.3) is 0 Å². The summed E-state index contributed by atoms with van der Waals surface area (Å²) in [6.07, 6.45) is 10.0. The number of thiazole rings is 2. The first-order valence-electron chi connectivity index (χ1n) is 23.5. The lowest BCUT2D eigenvalue weighted by Gasteiger charge is -2.32. The predicted octanol–water partition coefficient (Wildman–Crippen LogP) is 10.1. The van der Waals surface area contributed by atoms with E-state index >= 15 is 0 Å². The van der Waals surface area contributed by atoms with Crippen LogP contribution in [-0.2, 0) is 28.7 Å². The van der Waals surface area contributed by atoms with Crippen molar-refractivity contribution in [1.82, 2.24) is 24.7 Å². The fourth-order valence-electron chi connectivity index (χ4n) is 7.02. The number of aliphatic carboxylic acids is 3. The number of hydrogen-bond acceptors (Lipinski definition) is 15. The number of ether oxygens (including phenoxy) is 2. The summed E-state index contributed by atoms with van der Waals surface area (Å²) in [5.74, 6) is -2.72. The third-order valence-electron chi connectivity index (χ3n) is 10.8. The molecule has 3 aliphatic heterocycles. The molecule has 3 aliphatic rings. The van der Waals surface area contributed by atoms with Crippen LogP contribution in [0.5, 0.6) is 0 Å². The van der Waals surface area contributed by atoms with Crippen molar-refractivity contribution >= 4 is 89.3 Å². The second-order valence-electron chi connectivity index (χ2n) is 21.9. The predicted molar refractivity (Wildman–Crippen MR) is 275 cm³/mol. The maximum absolute atomic E-state index is 13.0. The summed E-state index contributed by atoms with van der Waals surface area (Å²) in [6.45, 7) is 28.6. The third kappa shape index (κ3) is 21.9. The standard InChI is InChI=1S/C24H37N3O5S2.C20H33N3O2S.C4H6O4S/c1-23(2,3)9-12-27-20(30)16(13-18(28)29)34-21(27)17-14-25-19(33-17)15-7-10-26(11-8-15)22(31)32-24(4,5)6;1-19(2,3)9-10-21-13-16-14-22-17(26-16)15-7-11-23(12-8-15)18(24)25-20(4,5)6;5-3(6)1-2(9)4(7)8/h14-16,21H,7-13H2,1-6H3,(H,28,29);13-15H,7-12H2,1-6H3;2,9H,1H2,(H,5,6)(H,7,8)/t16-,21?;;2-/m0.0/s1. The first kappa shape index (κ1) is 59.4. The molecule has 0 radical (unpaired) electrons. The molecule has 21 heteroatoms. The maximum Gasteiger partial charge on any atom is 0.410 e. The number of aliphatic imine (C=N–C) groups is 1. The van der Waals surface area contributed by atoms with Gasteiger partial charge < -0.3 is 39.5 Å². The third-order valence-corrected chi connectivity index (χ3v) is 15.1. The van der Waals surface area contributed by atoms with Crippen LogP contribution in [0.2, 0.25) is 0 Å². The molecule has 5 rings (SSSR count). The van der Waals surface area contributed by atoms with Crippen molar-refractivity contribution in [3.63, 3.8) is 0 Å². The van der Waals surface area contributed by atoms with Crippen molar-refractivity contribution in [3.05, 3.63) is 32.2 Å². The summed E-state index contributed by atoms with van der Waals surface area (Å²) in [5, 5.41) is 25.7. The van der Waals surface area contributed by atoms with Crippen LogP contribution in [0.3, 0.4) is 0 Å². The Kier molecular flexibility index (Phi) is 22.3. The van der Waals surface area contributed by atoms with Gasteiger partial charge in [-0.05, 0) is 90.9 Å². The van der Waals surface area contributed by atoms with Crippen LogP contribution in [0, 0.1) is 10.8 Å². The molecule has 0 aromatic carbocycles. The fraction of sp³-hybridized carbons (Fsp3) is 0.729. The minimum atomic E-state index is -1.21. The van der Waals surface area contributed by atoms with E-state index in [1.807, 2.05) is 70.0 Å². The molecule has 0 saturated carbocycles. The number of thiol groups is 1. The van der Waals surface area contributed by atoms with Gasteiger partial charge in [-0.1, -0.05) is 41.5 Å². The van der Waals surface area contributed by atoms with Crippen molar-refractivity contribution in [2.24, 2.45) is 15.8 Å². The Labute approximate surface area is 426 Å². The SMILES string of the molecule is CC(C)(C)CCN1C(=O)[C@H](CC(=O)O)SC1c1cnc(C2CCN(C(=O)OC(C)(C)C)CC2)s1.CC(C)(C)CCN=Cc1cnc(C2CCN(C(=O)OC(C)(C)C)CC2)s1.O=C(O)C[C@H](S)C(=O)O. The zero-order chi connectivity index (χ0) is 52.1. The number of likely N-dealkylation sites (tertiary alicyclic amines) is 2. The number of amides is 3. The quantitative estimate of drug-likeness (QED) is 0.108. The van der Waals surface area contributed by atoms with Crippen LogP contribution in [0.25, 0.3) is 0 Å². The zero-order valence-electron chi connectivity index (χ0n) is 42.5. The number of carbonyl (C=O) groups excluding carboxylic acids is 3. The Morgan fingerprint density at radius 1 is 0.754 bits per heavy atom. The first-order valence-corrected chi connectivity index (χ1v) is 26.6. The van der Waals surface area contributed by atoms with E-state index in [-0.39, 0.29) is 41.2 Å². The molecule has 0 spiro atoms. The molecular formula is C48H76N6O11S4. The van der Waals surface area contributed by atoms with Crippen LogP contribution in [-0.4, -0.2) is 143 Å². The molecule has 3 amide bonds. The largest absolute Gasteiger partial charge is 0.481 e. The Morgan fingerprint density at radius 3 is 1.65 bits per heavy atom. The molecular weight excluding hydrogens is 965 g/mol. The van der Waals surface area contributed by atoms with Crippen LogP contribution >= 0.6 is 47.1 Å². The van der Waals surface area contributed by atoms with Crippen LogP contribution in [0.1, 0.15) is 171 Å². The highest BCUT2D eigenvalue weighted by Gasteiger charge is 2.43. The molecule has 69 heavy (non-hydrogen) atoms. The topological polar surface area (TPSA) is 229 Å². The van der Waals surface area contributed by atoms with Crippen LogP contribution in [0.4, 0.5) is 9.59 Å². The summed E-state index contributed by atoms with van der Waals surface area (Å²) in [5.41, 5.74) is -0.560. The molecule has 3 saturated heterocycles. The van der Waals surface area contributed by atoms with Gasteiger partial charge >= 0.3 is 30.1 Å². The summed E-state index contributed by atoms with van der Waals surface area (Å²) in [7, 11) is 0. The average molecular weight is 1040 g/mol. The van der Waals surface area contributed by atoms with Gasteiger partial charge in [0, 0.05) is 69.7 Å². The van der Waals surface area contributed by atoms with Crippen molar-refractivity contribution in [3.8, 4) is 0 Å². The number of carbonyl (C=O) groups is 6. The normalized spacial score (nSPS) is 19.1. The Morgan fingerprint density at radius 2 is 1.23 bits per heavy atom. The first-order chi connectivity index (χ1) is 31.8. The number of carboxylic acids is 3. The number of thioether (sulfide) groups is 1. The number of hydrogen-bond donors (Lipinski definition) is 4. The van der Waals surface area contributed by atoms with E-state index in [1.54, 1.807) is 27.6 Å². The molecule has 5 heterocycles. The molecule has 3 atom stereocenters. The summed E-state index contributed by atoms with van der Waals surface area (Å²) in [6, 6.07) is 0. The summed E-state index contributed by atoms with van der Waals surface area (Å²) >= 11 is 8.24. The van der Waals surface area contributed by atoms with Crippen molar-refractivity contribution < 1.29 is 53.6 Å². The van der Waals surface area contributed by atoms with E-state index in [2.05, 4.69) is 69.1 Å².